The van der Waals surface area contributed by atoms with Crippen LogP contribution in [0, 0.1) is 0 Å². The minimum absolute atomic E-state index is 0.488. The molecule has 0 unspecified atom stereocenters. The second-order valence-electron chi connectivity index (χ2n) is 4.39. The fraction of sp³-hybridized carbons (Fsp3) is 0.545. The van der Waals surface area contributed by atoms with Gasteiger partial charge in [-0.15, -0.1) is 5.10 Å². The van der Waals surface area contributed by atoms with E-state index in [2.05, 4.69) is 15.3 Å². The minimum Gasteiger partial charge on any atom is -0.326 e. The molecule has 2 heterocycles. The van der Waals surface area contributed by atoms with Crippen LogP contribution < -0.4 is 5.73 Å². The fourth-order valence-corrected chi connectivity index (χ4v) is 2.42. The average molecular weight is 217 g/mol. The van der Waals surface area contributed by atoms with Gasteiger partial charge in [-0.3, -0.25) is 0 Å². The number of fused-ring (bicyclic) bond motifs is 1. The molecule has 16 heavy (non-hydrogen) atoms. The Labute approximate surface area is 93.7 Å². The number of nitrogens with two attached hydrogens (primary N) is 1. The Balaban J connectivity index is 2.06. The van der Waals surface area contributed by atoms with Crippen molar-refractivity contribution in [2.24, 2.45) is 5.73 Å². The van der Waals surface area contributed by atoms with Crippen LogP contribution in [0.3, 0.4) is 0 Å². The third-order valence-electron chi connectivity index (χ3n) is 3.31. The van der Waals surface area contributed by atoms with Crippen LogP contribution >= 0.6 is 0 Å². The second-order valence-corrected chi connectivity index (χ2v) is 4.39. The molecule has 0 amide bonds. The van der Waals surface area contributed by atoms with Crippen LogP contribution in [0.5, 0.6) is 0 Å². The maximum absolute atomic E-state index is 5.57. The molecular formula is C11H15N5. The molecular weight excluding hydrogens is 202 g/mol. The lowest BCUT2D eigenvalue weighted by molar-refractivity contribution is 0.693. The van der Waals surface area contributed by atoms with Crippen LogP contribution in [-0.2, 0) is 6.54 Å². The zero-order chi connectivity index (χ0) is 11.0. The van der Waals surface area contributed by atoms with Gasteiger partial charge in [0.05, 0.1) is 0 Å². The summed E-state index contributed by atoms with van der Waals surface area (Å²) in [7, 11) is 0. The molecule has 1 fully saturated rings. The average Bonchev–Trinajstić information content (AvgIpc) is 2.96. The normalized spacial score (nSPS) is 17.3. The minimum atomic E-state index is 0.488. The van der Waals surface area contributed by atoms with Gasteiger partial charge in [-0.1, -0.05) is 18.1 Å². The number of aromatic nitrogens is 4. The molecule has 5 heteroatoms. The predicted molar refractivity (Wildman–Crippen MR) is 59.9 cm³/mol. The predicted octanol–water partition coefficient (Wildman–Crippen LogP) is 1.24. The first kappa shape index (κ1) is 9.72. The number of hydrogen-bond acceptors (Lipinski definition) is 4. The van der Waals surface area contributed by atoms with Gasteiger partial charge in [0.2, 0.25) is 0 Å². The number of hydrogen-bond donors (Lipinski definition) is 1. The molecule has 0 atom stereocenters. The summed E-state index contributed by atoms with van der Waals surface area (Å²) in [6, 6.07) is 0. The highest BCUT2D eigenvalue weighted by atomic mass is 15.4. The smallest absolute Gasteiger partial charge is 0.178 e. The Morgan fingerprint density at radius 1 is 1.38 bits per heavy atom. The molecule has 84 valence electrons. The van der Waals surface area contributed by atoms with Crippen molar-refractivity contribution in [1.82, 2.24) is 19.8 Å². The van der Waals surface area contributed by atoms with Crippen LogP contribution in [-0.4, -0.2) is 19.8 Å². The Hall–Kier alpha value is -1.49. The first-order valence-electron chi connectivity index (χ1n) is 5.78. The highest BCUT2D eigenvalue weighted by molar-refractivity contribution is 5.44. The van der Waals surface area contributed by atoms with Gasteiger partial charge >= 0.3 is 0 Å². The van der Waals surface area contributed by atoms with Crippen LogP contribution in [0.2, 0.25) is 0 Å². The number of rotatable bonds is 2. The van der Waals surface area contributed by atoms with Gasteiger partial charge in [0, 0.05) is 30.4 Å². The summed E-state index contributed by atoms with van der Waals surface area (Å²) in [5, 5.41) is 8.38. The van der Waals surface area contributed by atoms with E-state index < -0.39 is 0 Å². The van der Waals surface area contributed by atoms with Crippen molar-refractivity contribution in [3.05, 3.63) is 23.7 Å². The standard InChI is InChI=1S/C11H15N5/c12-5-8-6-13-11-10(9-3-1-2-4-9)14-15-16(11)7-8/h6-7,9H,1-5,12H2. The van der Waals surface area contributed by atoms with Crippen molar-refractivity contribution < 1.29 is 0 Å². The van der Waals surface area contributed by atoms with E-state index in [1.165, 1.54) is 25.7 Å². The largest absolute Gasteiger partial charge is 0.326 e. The summed E-state index contributed by atoms with van der Waals surface area (Å²) in [6.45, 7) is 0.488. The third kappa shape index (κ3) is 1.48. The lowest BCUT2D eigenvalue weighted by Crippen LogP contribution is -2.01. The summed E-state index contributed by atoms with van der Waals surface area (Å²) < 4.78 is 1.75. The molecule has 2 aromatic rings. The maximum atomic E-state index is 5.57. The van der Waals surface area contributed by atoms with E-state index in [0.29, 0.717) is 12.5 Å². The molecule has 3 rings (SSSR count). The Morgan fingerprint density at radius 3 is 2.94 bits per heavy atom. The van der Waals surface area contributed by atoms with E-state index in [0.717, 1.165) is 16.9 Å². The van der Waals surface area contributed by atoms with E-state index in [-0.39, 0.29) is 0 Å². The topological polar surface area (TPSA) is 69.1 Å². The zero-order valence-electron chi connectivity index (χ0n) is 9.13. The fourth-order valence-electron chi connectivity index (χ4n) is 2.42. The van der Waals surface area contributed by atoms with E-state index in [1.807, 2.05) is 12.4 Å². The van der Waals surface area contributed by atoms with Crippen LogP contribution in [0.4, 0.5) is 0 Å². The van der Waals surface area contributed by atoms with Crippen molar-refractivity contribution in [2.75, 3.05) is 0 Å². The van der Waals surface area contributed by atoms with Gasteiger partial charge in [-0.05, 0) is 12.8 Å². The van der Waals surface area contributed by atoms with Gasteiger partial charge in [-0.25, -0.2) is 9.50 Å². The number of nitrogens with zero attached hydrogens (tertiary/aromatic N) is 4. The summed E-state index contributed by atoms with van der Waals surface area (Å²) >= 11 is 0. The first-order valence-corrected chi connectivity index (χ1v) is 5.78. The van der Waals surface area contributed by atoms with E-state index in [1.54, 1.807) is 4.52 Å². The molecule has 0 radical (unpaired) electrons. The molecule has 1 aliphatic rings. The van der Waals surface area contributed by atoms with Gasteiger partial charge < -0.3 is 5.73 Å². The summed E-state index contributed by atoms with van der Waals surface area (Å²) in [5.74, 6) is 0.550. The van der Waals surface area contributed by atoms with E-state index in [9.17, 15) is 0 Å². The molecule has 2 aromatic heterocycles. The lowest BCUT2D eigenvalue weighted by atomic mass is 10.0. The molecule has 0 aromatic carbocycles. The van der Waals surface area contributed by atoms with Gasteiger partial charge in [-0.2, -0.15) is 0 Å². The molecule has 0 bridgehead atoms. The Morgan fingerprint density at radius 2 is 2.19 bits per heavy atom. The van der Waals surface area contributed by atoms with E-state index >= 15 is 0 Å². The Kier molecular flexibility index (Phi) is 2.32. The van der Waals surface area contributed by atoms with Crippen molar-refractivity contribution in [2.45, 2.75) is 38.1 Å². The Bertz CT molecular complexity index is 498. The maximum Gasteiger partial charge on any atom is 0.178 e. The summed E-state index contributed by atoms with van der Waals surface area (Å²) in [4.78, 5) is 4.41. The van der Waals surface area contributed by atoms with Crippen LogP contribution in [0.1, 0.15) is 42.9 Å². The molecule has 2 N–H and O–H groups in total. The van der Waals surface area contributed by atoms with Gasteiger partial charge in [0.25, 0.3) is 0 Å². The quantitative estimate of drug-likeness (QED) is 0.821. The SMILES string of the molecule is NCc1cnc2c(C3CCCC3)nnn2c1. The van der Waals surface area contributed by atoms with Gasteiger partial charge in [0.1, 0.15) is 5.69 Å². The highest BCUT2D eigenvalue weighted by Gasteiger charge is 2.22. The highest BCUT2D eigenvalue weighted by Crippen LogP contribution is 2.34. The molecule has 0 spiro atoms. The third-order valence-corrected chi connectivity index (χ3v) is 3.31. The molecule has 0 saturated heterocycles. The lowest BCUT2D eigenvalue weighted by Gasteiger charge is -2.04. The van der Waals surface area contributed by atoms with Crippen molar-refractivity contribution in [3.63, 3.8) is 0 Å². The molecule has 5 nitrogen and oxygen atoms in total. The van der Waals surface area contributed by atoms with Crippen LogP contribution in [0.25, 0.3) is 5.65 Å². The summed E-state index contributed by atoms with van der Waals surface area (Å²) in [5.41, 5.74) is 8.50. The zero-order valence-corrected chi connectivity index (χ0v) is 9.13. The van der Waals surface area contributed by atoms with E-state index in [4.69, 9.17) is 5.73 Å². The van der Waals surface area contributed by atoms with Gasteiger partial charge in [0.15, 0.2) is 5.65 Å². The first-order chi connectivity index (χ1) is 7.88. The van der Waals surface area contributed by atoms with Crippen LogP contribution in [0.15, 0.2) is 12.4 Å². The van der Waals surface area contributed by atoms with Crippen molar-refractivity contribution in [1.29, 1.82) is 0 Å². The summed E-state index contributed by atoms with van der Waals surface area (Å²) in [6.07, 6.45) is 8.75. The monoisotopic (exact) mass is 217 g/mol. The molecule has 0 aliphatic heterocycles. The second kappa shape index (κ2) is 3.83. The van der Waals surface area contributed by atoms with Crippen molar-refractivity contribution in [3.8, 4) is 0 Å². The molecule has 1 aliphatic carbocycles. The van der Waals surface area contributed by atoms with Crippen molar-refractivity contribution >= 4 is 5.65 Å². The molecule has 1 saturated carbocycles.